The van der Waals surface area contributed by atoms with Crippen LogP contribution in [0, 0.1) is 0 Å². The third-order valence-corrected chi connectivity index (χ3v) is 4.30. The first-order valence-electron chi connectivity index (χ1n) is 7.24. The Bertz CT molecular complexity index is 294. The van der Waals surface area contributed by atoms with Crippen LogP contribution in [0.2, 0.25) is 0 Å². The van der Waals surface area contributed by atoms with Crippen LogP contribution in [-0.2, 0) is 9.53 Å². The summed E-state index contributed by atoms with van der Waals surface area (Å²) in [6.07, 6.45) is 1.18. The summed E-state index contributed by atoms with van der Waals surface area (Å²) < 4.78 is 4.89. The number of rotatable bonds is 7. The molecule has 19 heavy (non-hydrogen) atoms. The fourth-order valence-corrected chi connectivity index (χ4v) is 2.91. The number of hydrogen-bond donors (Lipinski definition) is 1. The van der Waals surface area contributed by atoms with Crippen molar-refractivity contribution in [2.45, 2.75) is 38.8 Å². The summed E-state index contributed by atoms with van der Waals surface area (Å²) in [6.45, 7) is 11.3. The minimum atomic E-state index is -0.618. The average molecular weight is 271 g/mol. The molecule has 1 fully saturated rings. The maximum Gasteiger partial charge on any atom is 0.327 e. The van der Waals surface area contributed by atoms with Gasteiger partial charge in [-0.05, 0) is 40.0 Å². The van der Waals surface area contributed by atoms with Gasteiger partial charge in [-0.2, -0.15) is 0 Å². The van der Waals surface area contributed by atoms with Crippen LogP contribution in [0.3, 0.4) is 0 Å². The highest BCUT2D eigenvalue weighted by Crippen LogP contribution is 2.18. The Labute approximate surface area is 117 Å². The molecule has 0 aliphatic carbocycles. The van der Waals surface area contributed by atoms with Gasteiger partial charge in [-0.3, -0.25) is 14.6 Å². The molecule has 0 aromatic carbocycles. The number of carbonyl (C=O) groups excluding carboxylic acids is 1. The summed E-state index contributed by atoms with van der Waals surface area (Å²) in [4.78, 5) is 16.7. The van der Waals surface area contributed by atoms with Crippen molar-refractivity contribution < 1.29 is 9.53 Å². The molecule has 2 unspecified atom stereocenters. The lowest BCUT2D eigenvalue weighted by atomic mass is 10.0. The normalized spacial score (nSPS) is 23.6. The average Bonchev–Trinajstić information content (AvgIpc) is 2.87. The first-order valence-corrected chi connectivity index (χ1v) is 7.24. The van der Waals surface area contributed by atoms with Crippen molar-refractivity contribution in [3.05, 3.63) is 0 Å². The topological polar surface area (TPSA) is 44.8 Å². The van der Waals surface area contributed by atoms with Crippen molar-refractivity contribution >= 4 is 5.97 Å². The quantitative estimate of drug-likeness (QED) is 0.685. The minimum absolute atomic E-state index is 0.193. The number of hydrogen-bond acceptors (Lipinski definition) is 5. The van der Waals surface area contributed by atoms with Gasteiger partial charge in [-0.1, -0.05) is 13.8 Å². The molecule has 1 heterocycles. The van der Waals surface area contributed by atoms with Crippen LogP contribution in [0.15, 0.2) is 0 Å². The van der Waals surface area contributed by atoms with Crippen LogP contribution in [0.25, 0.3) is 0 Å². The van der Waals surface area contributed by atoms with Gasteiger partial charge in [0.05, 0.1) is 7.11 Å². The molecule has 1 N–H and O–H groups in total. The Morgan fingerprint density at radius 3 is 2.58 bits per heavy atom. The van der Waals surface area contributed by atoms with Crippen molar-refractivity contribution in [2.24, 2.45) is 0 Å². The fourth-order valence-electron chi connectivity index (χ4n) is 2.91. The summed E-state index contributed by atoms with van der Waals surface area (Å²) in [7, 11) is 3.26. The SMILES string of the molecule is CCN(CC)C1CCN(CC(C)(NC)C(=O)OC)C1. The Balaban J connectivity index is 2.57. The van der Waals surface area contributed by atoms with Gasteiger partial charge < -0.3 is 10.1 Å². The molecule has 1 aliphatic heterocycles. The van der Waals surface area contributed by atoms with E-state index in [9.17, 15) is 4.79 Å². The zero-order valence-corrected chi connectivity index (χ0v) is 13.0. The predicted molar refractivity (Wildman–Crippen MR) is 77.2 cm³/mol. The van der Waals surface area contributed by atoms with Crippen molar-refractivity contribution in [3.63, 3.8) is 0 Å². The summed E-state index contributed by atoms with van der Waals surface area (Å²) >= 11 is 0. The molecule has 2 atom stereocenters. The van der Waals surface area contributed by atoms with Gasteiger partial charge in [0.15, 0.2) is 0 Å². The maximum absolute atomic E-state index is 11.9. The van der Waals surface area contributed by atoms with Crippen molar-refractivity contribution in [2.75, 3.05) is 46.9 Å². The molecule has 0 aromatic heterocycles. The molecule has 0 aromatic rings. The monoisotopic (exact) mass is 271 g/mol. The molecule has 1 aliphatic rings. The molecule has 0 amide bonds. The molecule has 5 heteroatoms. The van der Waals surface area contributed by atoms with Gasteiger partial charge in [0, 0.05) is 19.1 Å². The Kier molecular flexibility index (Phi) is 6.23. The molecule has 5 nitrogen and oxygen atoms in total. The smallest absolute Gasteiger partial charge is 0.327 e. The molecule has 0 spiro atoms. The second-order valence-corrected chi connectivity index (χ2v) is 5.47. The van der Waals surface area contributed by atoms with E-state index in [-0.39, 0.29) is 5.97 Å². The summed E-state index contributed by atoms with van der Waals surface area (Å²) in [5.41, 5.74) is -0.618. The summed E-state index contributed by atoms with van der Waals surface area (Å²) in [6, 6.07) is 0.619. The number of methoxy groups -OCH3 is 1. The first-order chi connectivity index (χ1) is 9.00. The van der Waals surface area contributed by atoms with E-state index >= 15 is 0 Å². The number of likely N-dealkylation sites (tertiary alicyclic amines) is 1. The van der Waals surface area contributed by atoms with E-state index < -0.39 is 5.54 Å². The number of likely N-dealkylation sites (N-methyl/N-ethyl adjacent to an activating group) is 2. The van der Waals surface area contributed by atoms with E-state index in [1.807, 2.05) is 14.0 Å². The predicted octanol–water partition coefficient (Wildman–Crippen LogP) is 0.554. The second-order valence-electron chi connectivity index (χ2n) is 5.47. The molecule has 1 rings (SSSR count). The van der Waals surface area contributed by atoms with Gasteiger partial charge in [-0.15, -0.1) is 0 Å². The van der Waals surface area contributed by atoms with E-state index in [0.717, 1.165) is 26.2 Å². The fraction of sp³-hybridized carbons (Fsp3) is 0.929. The van der Waals surface area contributed by atoms with E-state index in [0.29, 0.717) is 12.6 Å². The molecule has 0 bridgehead atoms. The van der Waals surface area contributed by atoms with Gasteiger partial charge in [0.25, 0.3) is 0 Å². The van der Waals surface area contributed by atoms with Gasteiger partial charge in [-0.25, -0.2) is 0 Å². The molecule has 112 valence electrons. The number of nitrogens with zero attached hydrogens (tertiary/aromatic N) is 2. The number of ether oxygens (including phenoxy) is 1. The Morgan fingerprint density at radius 2 is 2.11 bits per heavy atom. The lowest BCUT2D eigenvalue weighted by Crippen LogP contribution is -2.56. The van der Waals surface area contributed by atoms with Gasteiger partial charge >= 0.3 is 5.97 Å². The number of carbonyl (C=O) groups is 1. The van der Waals surface area contributed by atoms with Crippen LogP contribution < -0.4 is 5.32 Å². The van der Waals surface area contributed by atoms with Crippen LogP contribution in [-0.4, -0.2) is 74.2 Å². The zero-order valence-electron chi connectivity index (χ0n) is 13.0. The van der Waals surface area contributed by atoms with Gasteiger partial charge in [0.1, 0.15) is 5.54 Å². The first kappa shape index (κ1) is 16.4. The zero-order chi connectivity index (χ0) is 14.5. The lowest BCUT2D eigenvalue weighted by molar-refractivity contribution is -0.148. The Morgan fingerprint density at radius 1 is 1.47 bits per heavy atom. The third-order valence-electron chi connectivity index (χ3n) is 4.30. The highest BCUT2D eigenvalue weighted by molar-refractivity contribution is 5.80. The van der Waals surface area contributed by atoms with Crippen LogP contribution in [0.1, 0.15) is 27.2 Å². The van der Waals surface area contributed by atoms with E-state index in [1.54, 1.807) is 0 Å². The summed E-state index contributed by atoms with van der Waals surface area (Å²) in [5.74, 6) is -0.193. The third kappa shape index (κ3) is 3.91. The van der Waals surface area contributed by atoms with Crippen LogP contribution in [0.5, 0.6) is 0 Å². The van der Waals surface area contributed by atoms with E-state index in [1.165, 1.54) is 13.5 Å². The Hall–Kier alpha value is -0.650. The second kappa shape index (κ2) is 7.22. The molecular weight excluding hydrogens is 242 g/mol. The largest absolute Gasteiger partial charge is 0.468 e. The number of esters is 1. The van der Waals surface area contributed by atoms with Crippen molar-refractivity contribution in [3.8, 4) is 0 Å². The van der Waals surface area contributed by atoms with Crippen molar-refractivity contribution in [1.82, 2.24) is 15.1 Å². The van der Waals surface area contributed by atoms with Crippen molar-refractivity contribution in [1.29, 1.82) is 0 Å². The maximum atomic E-state index is 11.9. The number of nitrogens with one attached hydrogen (secondary N) is 1. The van der Waals surface area contributed by atoms with Crippen LogP contribution in [0.4, 0.5) is 0 Å². The standard InChI is InChI=1S/C14H29N3O2/c1-6-17(7-2)12-8-9-16(10-12)11-14(3,15-4)13(18)19-5/h12,15H,6-11H2,1-5H3. The summed E-state index contributed by atoms with van der Waals surface area (Å²) in [5, 5.41) is 3.10. The molecular formula is C14H29N3O2. The molecule has 0 radical (unpaired) electrons. The highest BCUT2D eigenvalue weighted by atomic mass is 16.5. The minimum Gasteiger partial charge on any atom is -0.468 e. The van der Waals surface area contributed by atoms with Crippen LogP contribution >= 0.6 is 0 Å². The molecule has 0 saturated carbocycles. The van der Waals surface area contributed by atoms with E-state index in [4.69, 9.17) is 4.74 Å². The van der Waals surface area contributed by atoms with E-state index in [2.05, 4.69) is 29.0 Å². The van der Waals surface area contributed by atoms with Gasteiger partial charge in [0.2, 0.25) is 0 Å². The molecule has 1 saturated heterocycles. The lowest BCUT2D eigenvalue weighted by Gasteiger charge is -2.32. The highest BCUT2D eigenvalue weighted by Gasteiger charge is 2.37.